The van der Waals surface area contributed by atoms with Crippen LogP contribution in [0.2, 0.25) is 0 Å². The molecular formula is C16H22N4. The van der Waals surface area contributed by atoms with Gasteiger partial charge in [0.25, 0.3) is 0 Å². The minimum absolute atomic E-state index is 0.559. The van der Waals surface area contributed by atoms with E-state index in [0.717, 1.165) is 35.7 Å². The maximum absolute atomic E-state index is 5.98. The Kier molecular flexibility index (Phi) is 4.23. The molecule has 0 aliphatic rings. The van der Waals surface area contributed by atoms with Crippen molar-refractivity contribution in [2.75, 3.05) is 17.7 Å². The van der Waals surface area contributed by atoms with Gasteiger partial charge in [0.1, 0.15) is 17.5 Å². The molecule has 1 aromatic heterocycles. The molecule has 0 amide bonds. The lowest BCUT2D eigenvalue weighted by Crippen LogP contribution is -2.16. The van der Waals surface area contributed by atoms with Crippen LogP contribution in [0.3, 0.4) is 0 Å². The normalized spacial score (nSPS) is 10.6. The first-order valence-electron chi connectivity index (χ1n) is 7.02. The number of rotatable bonds is 4. The number of aryl methyl sites for hydroxylation is 2. The second-order valence-electron chi connectivity index (χ2n) is 4.91. The van der Waals surface area contributed by atoms with Crippen LogP contribution in [-0.2, 0) is 12.8 Å². The molecule has 2 N–H and O–H groups in total. The Hall–Kier alpha value is -2.10. The largest absolute Gasteiger partial charge is 0.383 e. The molecule has 0 aliphatic heterocycles. The van der Waals surface area contributed by atoms with E-state index in [1.54, 1.807) is 0 Å². The maximum Gasteiger partial charge on any atom is 0.141 e. The molecule has 4 nitrogen and oxygen atoms in total. The molecule has 0 atom stereocenters. The minimum Gasteiger partial charge on any atom is -0.383 e. The molecule has 106 valence electrons. The van der Waals surface area contributed by atoms with Crippen molar-refractivity contribution in [3.8, 4) is 0 Å². The third-order valence-electron chi connectivity index (χ3n) is 3.57. The van der Waals surface area contributed by atoms with Gasteiger partial charge < -0.3 is 10.6 Å². The quantitative estimate of drug-likeness (QED) is 0.926. The van der Waals surface area contributed by atoms with Gasteiger partial charge >= 0.3 is 0 Å². The first-order valence-corrected chi connectivity index (χ1v) is 7.02. The summed E-state index contributed by atoms with van der Waals surface area (Å²) in [7, 11) is 2.01. The SMILES string of the molecule is CCc1ccc(N(C)c2nc(CC)nc(N)c2C)cc1. The maximum atomic E-state index is 5.98. The van der Waals surface area contributed by atoms with Gasteiger partial charge in [-0.15, -0.1) is 0 Å². The van der Waals surface area contributed by atoms with Gasteiger partial charge in [0.2, 0.25) is 0 Å². The van der Waals surface area contributed by atoms with Crippen molar-refractivity contribution >= 4 is 17.3 Å². The van der Waals surface area contributed by atoms with E-state index in [1.807, 2.05) is 20.9 Å². The Morgan fingerprint density at radius 1 is 1.05 bits per heavy atom. The number of benzene rings is 1. The fraction of sp³-hybridized carbons (Fsp3) is 0.375. The van der Waals surface area contributed by atoms with Crippen LogP contribution >= 0.6 is 0 Å². The van der Waals surface area contributed by atoms with Gasteiger partial charge in [0.15, 0.2) is 0 Å². The Balaban J connectivity index is 2.41. The standard InChI is InChI=1S/C16H22N4/c1-5-12-7-9-13(10-8-12)20(4)16-11(3)15(17)18-14(6-2)19-16/h7-10H,5-6H2,1-4H3,(H2,17,18,19). The molecule has 20 heavy (non-hydrogen) atoms. The topological polar surface area (TPSA) is 55.0 Å². The van der Waals surface area contributed by atoms with Gasteiger partial charge in [-0.05, 0) is 31.0 Å². The Morgan fingerprint density at radius 3 is 2.25 bits per heavy atom. The first kappa shape index (κ1) is 14.3. The summed E-state index contributed by atoms with van der Waals surface area (Å²) in [4.78, 5) is 11.0. The van der Waals surface area contributed by atoms with Crippen molar-refractivity contribution < 1.29 is 0 Å². The zero-order valence-corrected chi connectivity index (χ0v) is 12.6. The van der Waals surface area contributed by atoms with Crippen molar-refractivity contribution in [3.05, 3.63) is 41.2 Å². The van der Waals surface area contributed by atoms with Crippen molar-refractivity contribution in [1.82, 2.24) is 9.97 Å². The fourth-order valence-corrected chi connectivity index (χ4v) is 2.13. The van der Waals surface area contributed by atoms with Crippen molar-refractivity contribution in [2.24, 2.45) is 0 Å². The molecule has 0 radical (unpaired) electrons. The molecule has 4 heteroatoms. The molecule has 1 aromatic carbocycles. The van der Waals surface area contributed by atoms with E-state index < -0.39 is 0 Å². The first-order chi connectivity index (χ1) is 9.56. The van der Waals surface area contributed by atoms with Gasteiger partial charge in [0, 0.05) is 24.7 Å². The Morgan fingerprint density at radius 2 is 1.70 bits per heavy atom. The van der Waals surface area contributed by atoms with Crippen LogP contribution < -0.4 is 10.6 Å². The molecular weight excluding hydrogens is 248 g/mol. The van der Waals surface area contributed by atoms with E-state index in [-0.39, 0.29) is 0 Å². The molecule has 0 aliphatic carbocycles. The molecule has 2 aromatic rings. The number of hydrogen-bond donors (Lipinski definition) is 1. The smallest absolute Gasteiger partial charge is 0.141 e. The van der Waals surface area contributed by atoms with Crippen LogP contribution in [0.5, 0.6) is 0 Å². The number of aromatic nitrogens is 2. The zero-order valence-electron chi connectivity index (χ0n) is 12.6. The summed E-state index contributed by atoms with van der Waals surface area (Å²) < 4.78 is 0. The van der Waals surface area contributed by atoms with Gasteiger partial charge in [-0.3, -0.25) is 0 Å². The van der Waals surface area contributed by atoms with Gasteiger partial charge in [-0.2, -0.15) is 0 Å². The molecule has 2 rings (SSSR count). The highest BCUT2D eigenvalue weighted by Crippen LogP contribution is 2.27. The zero-order chi connectivity index (χ0) is 14.7. The lowest BCUT2D eigenvalue weighted by molar-refractivity contribution is 0.920. The Bertz CT molecular complexity index is 590. The second-order valence-corrected chi connectivity index (χ2v) is 4.91. The number of anilines is 3. The molecule has 0 saturated heterocycles. The summed E-state index contributed by atoms with van der Waals surface area (Å²) in [5.74, 6) is 2.21. The molecule has 0 spiro atoms. The van der Waals surface area contributed by atoms with E-state index in [9.17, 15) is 0 Å². The number of nitrogens with zero attached hydrogens (tertiary/aromatic N) is 3. The molecule has 0 fully saturated rings. The van der Waals surface area contributed by atoms with E-state index >= 15 is 0 Å². The highest BCUT2D eigenvalue weighted by atomic mass is 15.2. The molecule has 0 saturated carbocycles. The van der Waals surface area contributed by atoms with Crippen LogP contribution in [0.1, 0.15) is 30.8 Å². The number of nitrogens with two attached hydrogens (primary N) is 1. The monoisotopic (exact) mass is 270 g/mol. The van der Waals surface area contributed by atoms with Crippen LogP contribution in [-0.4, -0.2) is 17.0 Å². The van der Waals surface area contributed by atoms with Crippen molar-refractivity contribution in [3.63, 3.8) is 0 Å². The molecule has 0 unspecified atom stereocenters. The van der Waals surface area contributed by atoms with E-state index in [1.165, 1.54) is 5.56 Å². The second kappa shape index (κ2) is 5.90. The summed E-state index contributed by atoms with van der Waals surface area (Å²) in [6.07, 6.45) is 1.82. The third-order valence-corrected chi connectivity index (χ3v) is 3.57. The average molecular weight is 270 g/mol. The molecule has 1 heterocycles. The molecule has 0 bridgehead atoms. The summed E-state index contributed by atoms with van der Waals surface area (Å²) in [6.45, 7) is 6.15. The Labute approximate surface area is 120 Å². The van der Waals surface area contributed by atoms with Crippen LogP contribution in [0, 0.1) is 6.92 Å². The number of hydrogen-bond acceptors (Lipinski definition) is 4. The van der Waals surface area contributed by atoms with Gasteiger partial charge in [-0.25, -0.2) is 9.97 Å². The van der Waals surface area contributed by atoms with Gasteiger partial charge in [-0.1, -0.05) is 26.0 Å². The van der Waals surface area contributed by atoms with Crippen LogP contribution in [0.4, 0.5) is 17.3 Å². The number of nitrogen functional groups attached to an aromatic ring is 1. The average Bonchev–Trinajstić information content (AvgIpc) is 2.49. The fourth-order valence-electron chi connectivity index (χ4n) is 2.13. The minimum atomic E-state index is 0.559. The van der Waals surface area contributed by atoms with Crippen molar-refractivity contribution in [2.45, 2.75) is 33.6 Å². The highest BCUT2D eigenvalue weighted by Gasteiger charge is 2.13. The summed E-state index contributed by atoms with van der Waals surface area (Å²) in [5.41, 5.74) is 9.33. The third kappa shape index (κ3) is 2.74. The lowest BCUT2D eigenvalue weighted by atomic mass is 10.1. The van der Waals surface area contributed by atoms with Crippen molar-refractivity contribution in [1.29, 1.82) is 0 Å². The van der Waals surface area contributed by atoms with Crippen LogP contribution in [0.25, 0.3) is 0 Å². The van der Waals surface area contributed by atoms with Gasteiger partial charge in [0.05, 0.1) is 0 Å². The van der Waals surface area contributed by atoms with E-state index in [4.69, 9.17) is 5.73 Å². The van der Waals surface area contributed by atoms with E-state index in [0.29, 0.717) is 5.82 Å². The predicted molar refractivity (Wildman–Crippen MR) is 84.4 cm³/mol. The summed E-state index contributed by atoms with van der Waals surface area (Å²) in [6, 6.07) is 8.52. The summed E-state index contributed by atoms with van der Waals surface area (Å²) >= 11 is 0. The van der Waals surface area contributed by atoms with Crippen LogP contribution in [0.15, 0.2) is 24.3 Å². The summed E-state index contributed by atoms with van der Waals surface area (Å²) in [5, 5.41) is 0. The van der Waals surface area contributed by atoms with E-state index in [2.05, 4.69) is 46.1 Å². The predicted octanol–water partition coefficient (Wildman–Crippen LogP) is 3.26. The lowest BCUT2D eigenvalue weighted by Gasteiger charge is -2.21. The highest BCUT2D eigenvalue weighted by molar-refractivity contribution is 5.66.